The molecule has 0 radical (unpaired) electrons. The highest BCUT2D eigenvalue weighted by Gasteiger charge is 2.58. The van der Waals surface area contributed by atoms with Gasteiger partial charge in [-0.15, -0.1) is 6.42 Å². The van der Waals surface area contributed by atoms with Crippen LogP contribution in [0.25, 0.3) is 0 Å². The molecule has 4 heteroatoms. The van der Waals surface area contributed by atoms with Gasteiger partial charge in [0.15, 0.2) is 0 Å². The van der Waals surface area contributed by atoms with Crippen molar-refractivity contribution in [3.05, 3.63) is 0 Å². The van der Waals surface area contributed by atoms with Crippen molar-refractivity contribution in [1.29, 1.82) is 5.41 Å². The third-order valence-electron chi connectivity index (χ3n) is 4.56. The average molecular weight is 261 g/mol. The van der Waals surface area contributed by atoms with E-state index in [0.29, 0.717) is 5.84 Å². The Morgan fingerprint density at radius 1 is 1.53 bits per heavy atom. The first-order valence-electron chi connectivity index (χ1n) is 6.95. The minimum absolute atomic E-state index is 0.0475. The van der Waals surface area contributed by atoms with Crippen molar-refractivity contribution in [2.24, 2.45) is 11.3 Å². The quantitative estimate of drug-likeness (QED) is 0.700. The maximum atomic E-state index is 12.1. The summed E-state index contributed by atoms with van der Waals surface area (Å²) in [6.07, 6.45) is 9.51. The highest BCUT2D eigenvalue weighted by atomic mass is 16.2. The van der Waals surface area contributed by atoms with Gasteiger partial charge in [0.25, 0.3) is 0 Å². The molecular weight excluding hydrogens is 238 g/mol. The monoisotopic (exact) mass is 261 g/mol. The average Bonchev–Trinajstić information content (AvgIpc) is 2.54. The van der Waals surface area contributed by atoms with Gasteiger partial charge in [0.05, 0.1) is 6.54 Å². The van der Waals surface area contributed by atoms with Crippen LogP contribution in [0.15, 0.2) is 0 Å². The van der Waals surface area contributed by atoms with Crippen LogP contribution < -0.4 is 5.32 Å². The molecule has 0 aromatic heterocycles. The minimum Gasteiger partial charge on any atom is -0.300 e. The molecule has 1 spiro atoms. The number of hydrogen-bond acceptors (Lipinski definition) is 2. The lowest BCUT2D eigenvalue weighted by molar-refractivity contribution is 0.0399. The normalized spacial score (nSPS) is 31.5. The van der Waals surface area contributed by atoms with Gasteiger partial charge in [0.1, 0.15) is 11.4 Å². The number of carbonyl (C=O) groups excluding carboxylic acids is 1. The van der Waals surface area contributed by atoms with Crippen molar-refractivity contribution in [3.8, 4) is 12.3 Å². The summed E-state index contributed by atoms with van der Waals surface area (Å²) in [7, 11) is 0. The molecule has 2 N–H and O–H groups in total. The van der Waals surface area contributed by atoms with E-state index in [1.165, 1.54) is 0 Å². The molecule has 104 valence electrons. The van der Waals surface area contributed by atoms with Crippen LogP contribution in [0, 0.1) is 29.1 Å². The molecule has 1 aliphatic carbocycles. The second kappa shape index (κ2) is 4.56. The fraction of sp³-hybridized carbons (Fsp3) is 0.733. The van der Waals surface area contributed by atoms with Gasteiger partial charge >= 0.3 is 6.03 Å². The summed E-state index contributed by atoms with van der Waals surface area (Å²) in [5.41, 5.74) is -0.466. The van der Waals surface area contributed by atoms with Crippen LogP contribution in [0.1, 0.15) is 46.5 Å². The van der Waals surface area contributed by atoms with Crippen LogP contribution in [-0.2, 0) is 0 Å². The number of nitrogens with one attached hydrogen (secondary N) is 2. The zero-order valence-electron chi connectivity index (χ0n) is 12.0. The third-order valence-corrected chi connectivity index (χ3v) is 4.56. The zero-order chi connectivity index (χ0) is 14.3. The number of hydrogen-bond donors (Lipinski definition) is 2. The van der Waals surface area contributed by atoms with E-state index in [1.807, 2.05) is 0 Å². The van der Waals surface area contributed by atoms with Crippen molar-refractivity contribution in [3.63, 3.8) is 0 Å². The maximum absolute atomic E-state index is 12.1. The topological polar surface area (TPSA) is 56.2 Å². The van der Waals surface area contributed by atoms with Crippen molar-refractivity contribution < 1.29 is 4.79 Å². The molecule has 2 atom stereocenters. The van der Waals surface area contributed by atoms with Crippen molar-refractivity contribution in [2.75, 3.05) is 6.54 Å². The Hall–Kier alpha value is -1.50. The molecule has 19 heavy (non-hydrogen) atoms. The highest BCUT2D eigenvalue weighted by Crippen LogP contribution is 2.49. The van der Waals surface area contributed by atoms with Crippen LogP contribution in [0.2, 0.25) is 0 Å². The molecule has 1 saturated carbocycles. The summed E-state index contributed by atoms with van der Waals surface area (Å²) >= 11 is 0. The summed E-state index contributed by atoms with van der Waals surface area (Å²) in [6.45, 7) is 6.85. The van der Waals surface area contributed by atoms with Crippen molar-refractivity contribution in [1.82, 2.24) is 10.2 Å². The van der Waals surface area contributed by atoms with Crippen molar-refractivity contribution >= 4 is 11.9 Å². The molecule has 1 heterocycles. The Bertz CT molecular complexity index is 443. The molecule has 2 aliphatic rings. The zero-order valence-corrected chi connectivity index (χ0v) is 12.0. The predicted molar refractivity (Wildman–Crippen MR) is 75.9 cm³/mol. The molecule has 2 rings (SSSR count). The molecule has 0 aromatic rings. The molecular formula is C15H23N3O. The second-order valence-corrected chi connectivity index (χ2v) is 6.68. The van der Waals surface area contributed by atoms with E-state index in [4.69, 9.17) is 11.8 Å². The number of nitrogens with zero attached hydrogens (tertiary/aromatic N) is 1. The second-order valence-electron chi connectivity index (χ2n) is 6.68. The standard InChI is InChI=1S/C15H23N3O/c1-5-10-18-13(19)17-12(16)15(18)9-7-6-8-11(15)14(2,3)4/h1,11H,6-10H2,2-4H3,(H2,16,17,19). The summed E-state index contributed by atoms with van der Waals surface area (Å²) in [6, 6.07) is -0.209. The van der Waals surface area contributed by atoms with Crippen LogP contribution in [0.5, 0.6) is 0 Å². The van der Waals surface area contributed by atoms with Gasteiger partial charge in [-0.3, -0.25) is 10.7 Å². The molecule has 0 aromatic carbocycles. The number of carbonyl (C=O) groups is 1. The van der Waals surface area contributed by atoms with Gasteiger partial charge in [-0.2, -0.15) is 0 Å². The first kappa shape index (κ1) is 13.9. The molecule has 1 aliphatic heterocycles. The van der Waals surface area contributed by atoms with Crippen LogP contribution in [0.3, 0.4) is 0 Å². The number of rotatable bonds is 1. The minimum atomic E-state index is -0.514. The number of amides is 2. The first-order chi connectivity index (χ1) is 8.84. The van der Waals surface area contributed by atoms with Gasteiger partial charge in [-0.25, -0.2) is 4.79 Å². The summed E-state index contributed by atoms with van der Waals surface area (Å²) in [5.74, 6) is 3.18. The Labute approximate surface area is 115 Å². The van der Waals surface area contributed by atoms with Gasteiger partial charge in [0.2, 0.25) is 0 Å². The SMILES string of the molecule is C#CCN1C(=O)NC(=N)C12CCCCC2C(C)(C)C. The molecule has 2 amide bonds. The summed E-state index contributed by atoms with van der Waals surface area (Å²) in [5, 5.41) is 11.0. The van der Waals surface area contributed by atoms with E-state index in [0.717, 1.165) is 25.7 Å². The van der Waals surface area contributed by atoms with E-state index in [2.05, 4.69) is 32.0 Å². The van der Waals surface area contributed by atoms with E-state index in [1.54, 1.807) is 4.90 Å². The maximum Gasteiger partial charge on any atom is 0.324 e. The number of terminal acetylenes is 1. The molecule has 1 saturated heterocycles. The van der Waals surface area contributed by atoms with Gasteiger partial charge in [-0.05, 0) is 24.2 Å². The Balaban J connectivity index is 2.48. The lowest BCUT2D eigenvalue weighted by atomic mass is 9.61. The number of urea groups is 1. The molecule has 2 fully saturated rings. The van der Waals surface area contributed by atoms with Gasteiger partial charge in [0, 0.05) is 0 Å². The fourth-order valence-corrected chi connectivity index (χ4v) is 3.83. The van der Waals surface area contributed by atoms with Crippen LogP contribution in [-0.4, -0.2) is 28.9 Å². The van der Waals surface area contributed by atoms with Crippen LogP contribution in [0.4, 0.5) is 4.79 Å². The third kappa shape index (κ3) is 2.01. The molecule has 0 bridgehead atoms. The first-order valence-corrected chi connectivity index (χ1v) is 6.95. The lowest BCUT2D eigenvalue weighted by Crippen LogP contribution is -2.59. The summed E-state index contributed by atoms with van der Waals surface area (Å²) < 4.78 is 0. The predicted octanol–water partition coefficient (Wildman–Crippen LogP) is 2.60. The number of amidine groups is 1. The Kier molecular flexibility index (Phi) is 3.34. The van der Waals surface area contributed by atoms with E-state index >= 15 is 0 Å². The molecule has 4 nitrogen and oxygen atoms in total. The Morgan fingerprint density at radius 2 is 2.21 bits per heavy atom. The van der Waals surface area contributed by atoms with E-state index in [-0.39, 0.29) is 23.9 Å². The largest absolute Gasteiger partial charge is 0.324 e. The van der Waals surface area contributed by atoms with E-state index in [9.17, 15) is 4.79 Å². The van der Waals surface area contributed by atoms with Gasteiger partial charge < -0.3 is 4.90 Å². The molecule has 2 unspecified atom stereocenters. The Morgan fingerprint density at radius 3 is 2.79 bits per heavy atom. The summed E-state index contributed by atoms with van der Waals surface area (Å²) in [4.78, 5) is 13.8. The van der Waals surface area contributed by atoms with Gasteiger partial charge in [-0.1, -0.05) is 39.5 Å². The van der Waals surface area contributed by atoms with E-state index < -0.39 is 5.54 Å². The smallest absolute Gasteiger partial charge is 0.300 e. The van der Waals surface area contributed by atoms with Crippen LogP contribution >= 0.6 is 0 Å². The fourth-order valence-electron chi connectivity index (χ4n) is 3.83. The highest BCUT2D eigenvalue weighted by molar-refractivity contribution is 6.08. The lowest BCUT2D eigenvalue weighted by Gasteiger charge is -2.50. The van der Waals surface area contributed by atoms with Crippen molar-refractivity contribution in [2.45, 2.75) is 52.0 Å².